The van der Waals surface area contributed by atoms with E-state index < -0.39 is 0 Å². The van der Waals surface area contributed by atoms with Gasteiger partial charge in [0.25, 0.3) is 0 Å². The molecule has 9 nitrogen and oxygen atoms in total. The standard InChI is InChI=1S/C16H14N4O5S2/c1-23-10-4-2-9(3-5-10)17-16(26)20-19-14-12-8-11(27-25-24-22)6-7-13(12)18-15(14)21/h2-8,18,21-22H,1H3,(H,17,26)/p-1. The van der Waals surface area contributed by atoms with E-state index in [9.17, 15) is 10.4 Å². The van der Waals surface area contributed by atoms with E-state index in [1.165, 1.54) is 0 Å². The number of hydrogen-bond acceptors (Lipinski definition) is 8. The van der Waals surface area contributed by atoms with E-state index in [1.54, 1.807) is 49.6 Å². The van der Waals surface area contributed by atoms with Crippen LogP contribution in [0.4, 0.5) is 11.4 Å². The van der Waals surface area contributed by atoms with Crippen LogP contribution < -0.4 is 15.3 Å². The lowest BCUT2D eigenvalue weighted by molar-refractivity contribution is -0.777. The first-order valence-corrected chi connectivity index (χ1v) is 8.60. The second-order valence-corrected chi connectivity index (χ2v) is 6.27. The van der Waals surface area contributed by atoms with Crippen molar-refractivity contribution in [3.63, 3.8) is 0 Å². The number of methoxy groups -OCH3 is 1. The predicted octanol–water partition coefficient (Wildman–Crippen LogP) is 3.59. The number of H-pyrrole nitrogens is 1. The first kappa shape index (κ1) is 19.1. The summed E-state index contributed by atoms with van der Waals surface area (Å²) in [5.74, 6) is 0.556. The average molecular weight is 405 g/mol. The maximum atomic E-state index is 10.1. The zero-order valence-electron chi connectivity index (χ0n) is 13.8. The minimum absolute atomic E-state index is 0.113. The molecule has 0 bridgehead atoms. The van der Waals surface area contributed by atoms with Crippen molar-refractivity contribution >= 4 is 51.7 Å². The number of ether oxygens (including phenoxy) is 1. The number of hydrogen-bond donors (Lipinski definition) is 3. The molecule has 0 saturated heterocycles. The molecule has 0 atom stereocenters. The Morgan fingerprint density at radius 1 is 1.26 bits per heavy atom. The van der Waals surface area contributed by atoms with E-state index in [1.807, 2.05) is 0 Å². The molecule has 0 amide bonds. The highest BCUT2D eigenvalue weighted by atomic mass is 32.2. The molecule has 27 heavy (non-hydrogen) atoms. The molecule has 0 spiro atoms. The number of fused-ring (bicyclic) bond motifs is 1. The lowest BCUT2D eigenvalue weighted by Crippen LogP contribution is -2.04. The number of rotatable bonds is 6. The first-order chi connectivity index (χ1) is 13.1. The number of azo groups is 1. The number of aromatic amines is 1. The molecule has 0 unspecified atom stereocenters. The highest BCUT2D eigenvalue weighted by molar-refractivity contribution is 7.94. The van der Waals surface area contributed by atoms with Crippen LogP contribution >= 0.6 is 24.3 Å². The van der Waals surface area contributed by atoms with Gasteiger partial charge >= 0.3 is 0 Å². The summed E-state index contributed by atoms with van der Waals surface area (Å²) in [4.78, 5) is 3.35. The van der Waals surface area contributed by atoms with Crippen LogP contribution in [0.3, 0.4) is 0 Å². The van der Waals surface area contributed by atoms with Gasteiger partial charge in [0.15, 0.2) is 5.69 Å². The van der Waals surface area contributed by atoms with Crippen molar-refractivity contribution in [3.05, 3.63) is 42.5 Å². The third-order valence-electron chi connectivity index (χ3n) is 3.46. The summed E-state index contributed by atoms with van der Waals surface area (Å²) in [6.45, 7) is 0. The summed E-state index contributed by atoms with van der Waals surface area (Å²) in [6, 6.07) is 12.2. The van der Waals surface area contributed by atoms with Gasteiger partial charge in [-0.1, -0.05) is 0 Å². The average Bonchev–Trinajstić information content (AvgIpc) is 2.99. The molecule has 1 aromatic heterocycles. The molecule has 0 aliphatic carbocycles. The Morgan fingerprint density at radius 3 is 2.74 bits per heavy atom. The SMILES string of the molecule is COc1ccc(NC(=S)N=Nc2c(O)[nH]c3ccc(SOO[O-])cc23)cc1. The second kappa shape index (κ2) is 8.79. The Morgan fingerprint density at radius 2 is 2.04 bits per heavy atom. The van der Waals surface area contributed by atoms with Crippen LogP contribution in [0.25, 0.3) is 10.9 Å². The third-order valence-corrected chi connectivity index (χ3v) is 4.22. The van der Waals surface area contributed by atoms with E-state index in [0.717, 1.165) is 23.5 Å². The number of thiocarbonyl (C=S) groups is 1. The van der Waals surface area contributed by atoms with Gasteiger partial charge < -0.3 is 25.4 Å². The molecule has 0 aliphatic rings. The Hall–Kier alpha value is -2.70. The number of nitrogens with zero attached hydrogens (tertiary/aromatic N) is 2. The van der Waals surface area contributed by atoms with E-state index >= 15 is 0 Å². The van der Waals surface area contributed by atoms with E-state index in [4.69, 9.17) is 17.0 Å². The molecule has 3 N–H and O–H groups in total. The summed E-state index contributed by atoms with van der Waals surface area (Å²) in [7, 11) is 1.58. The lowest BCUT2D eigenvalue weighted by atomic mass is 10.2. The fourth-order valence-corrected chi connectivity index (χ4v) is 2.82. The van der Waals surface area contributed by atoms with Gasteiger partial charge in [0.05, 0.1) is 24.7 Å². The highest BCUT2D eigenvalue weighted by Gasteiger charge is 2.12. The van der Waals surface area contributed by atoms with Crippen LogP contribution in [-0.2, 0) is 9.37 Å². The van der Waals surface area contributed by atoms with Crippen LogP contribution in [0.1, 0.15) is 0 Å². The maximum Gasteiger partial charge on any atom is 0.218 e. The molecule has 3 rings (SSSR count). The molecule has 0 aliphatic heterocycles. The van der Waals surface area contributed by atoms with Crippen molar-refractivity contribution in [2.24, 2.45) is 10.2 Å². The second-order valence-electron chi connectivity index (χ2n) is 5.11. The van der Waals surface area contributed by atoms with Crippen LogP contribution in [0.2, 0.25) is 0 Å². The fourth-order valence-electron chi connectivity index (χ4n) is 2.27. The van der Waals surface area contributed by atoms with Crippen molar-refractivity contribution in [1.29, 1.82) is 0 Å². The van der Waals surface area contributed by atoms with Gasteiger partial charge in [-0.2, -0.15) is 4.33 Å². The van der Waals surface area contributed by atoms with Gasteiger partial charge in [0.2, 0.25) is 11.0 Å². The first-order valence-electron chi connectivity index (χ1n) is 7.45. The molecule has 0 radical (unpaired) electrons. The summed E-state index contributed by atoms with van der Waals surface area (Å²) in [6.07, 6.45) is 0. The maximum absolute atomic E-state index is 10.1. The number of benzene rings is 2. The van der Waals surface area contributed by atoms with Crippen molar-refractivity contribution in [3.8, 4) is 11.6 Å². The van der Waals surface area contributed by atoms with E-state index in [0.29, 0.717) is 15.8 Å². The molecule has 11 heteroatoms. The Kier molecular flexibility index (Phi) is 6.21. The van der Waals surface area contributed by atoms with Crippen molar-refractivity contribution in [2.45, 2.75) is 4.90 Å². The van der Waals surface area contributed by atoms with Crippen molar-refractivity contribution in [2.75, 3.05) is 12.4 Å². The molecule has 2 aromatic carbocycles. The molecule has 1 heterocycles. The molecule has 3 aromatic rings. The number of anilines is 1. The normalized spacial score (nSPS) is 11.2. The van der Waals surface area contributed by atoms with Gasteiger partial charge in [-0.25, -0.2) is 0 Å². The van der Waals surface area contributed by atoms with E-state index in [-0.39, 0.29) is 16.7 Å². The molecule has 0 saturated carbocycles. The molecular formula is C16H13N4O5S2-. The zero-order valence-corrected chi connectivity index (χ0v) is 15.5. The third kappa shape index (κ3) is 4.72. The fraction of sp³-hybridized carbons (Fsp3) is 0.0625. The number of aromatic hydroxyl groups is 1. The summed E-state index contributed by atoms with van der Waals surface area (Å²) in [5, 5.41) is 34.9. The zero-order chi connectivity index (χ0) is 19.2. The van der Waals surface area contributed by atoms with Gasteiger partial charge in [-0.15, -0.1) is 10.2 Å². The Bertz CT molecular complexity index is 975. The largest absolute Gasteiger partial charge is 0.691 e. The van der Waals surface area contributed by atoms with Gasteiger partial charge in [0, 0.05) is 16.0 Å². The van der Waals surface area contributed by atoms with Crippen LogP contribution in [0.15, 0.2) is 57.6 Å². The van der Waals surface area contributed by atoms with Gasteiger partial charge in [-0.3, -0.25) is 5.04 Å². The molecule has 0 fully saturated rings. The van der Waals surface area contributed by atoms with Gasteiger partial charge in [-0.05, 0) is 54.7 Å². The molecular weight excluding hydrogens is 392 g/mol. The highest BCUT2D eigenvalue weighted by Crippen LogP contribution is 2.37. The number of aromatic nitrogens is 1. The Labute approximate surface area is 163 Å². The van der Waals surface area contributed by atoms with Crippen molar-refractivity contribution < 1.29 is 24.5 Å². The van der Waals surface area contributed by atoms with Crippen LogP contribution in [-0.4, -0.2) is 22.3 Å². The minimum Gasteiger partial charge on any atom is -0.691 e. The smallest absolute Gasteiger partial charge is 0.218 e. The minimum atomic E-state index is -0.163. The monoisotopic (exact) mass is 405 g/mol. The number of nitrogens with one attached hydrogen (secondary N) is 2. The van der Waals surface area contributed by atoms with E-state index in [2.05, 4.69) is 29.9 Å². The van der Waals surface area contributed by atoms with Gasteiger partial charge in [0.1, 0.15) is 5.75 Å². The quantitative estimate of drug-likeness (QED) is 0.187. The van der Waals surface area contributed by atoms with Crippen LogP contribution in [0.5, 0.6) is 11.6 Å². The topological polar surface area (TPSA) is 124 Å². The predicted molar refractivity (Wildman–Crippen MR) is 102 cm³/mol. The summed E-state index contributed by atoms with van der Waals surface area (Å²) >= 11 is 5.88. The van der Waals surface area contributed by atoms with Crippen molar-refractivity contribution in [1.82, 2.24) is 4.98 Å². The summed E-state index contributed by atoms with van der Waals surface area (Å²) in [5.41, 5.74) is 1.55. The Balaban J connectivity index is 1.77. The van der Waals surface area contributed by atoms with Crippen LogP contribution in [0, 0.1) is 0 Å². The molecule has 140 valence electrons. The lowest BCUT2D eigenvalue weighted by Gasteiger charge is -2.04. The summed E-state index contributed by atoms with van der Waals surface area (Å²) < 4.78 is 9.38.